The summed E-state index contributed by atoms with van der Waals surface area (Å²) in [6, 6.07) is 14.7. The van der Waals surface area contributed by atoms with Crippen LogP contribution in [-0.2, 0) is 9.59 Å². The number of hydrogen-bond acceptors (Lipinski definition) is 5. The zero-order valence-electron chi connectivity index (χ0n) is 15.5. The van der Waals surface area contributed by atoms with Crippen LogP contribution in [0.2, 0.25) is 0 Å². The number of carbonyl (C=O) groups excluding carboxylic acids is 2. The fraction of sp³-hybridized carbons (Fsp3) is 0.300. The van der Waals surface area contributed by atoms with Crippen LogP contribution in [-0.4, -0.2) is 57.1 Å². The van der Waals surface area contributed by atoms with E-state index in [1.54, 1.807) is 43.4 Å². The Bertz CT molecular complexity index is 799. The molecule has 0 unspecified atom stereocenters. The Kier molecular flexibility index (Phi) is 5.80. The Morgan fingerprint density at radius 2 is 1.56 bits per heavy atom. The molecule has 1 aliphatic heterocycles. The quantitative estimate of drug-likeness (QED) is 0.835. The maximum Gasteiger partial charge on any atom is 0.313 e. The number of rotatable bonds is 4. The molecular formula is C20H23N3O4. The third kappa shape index (κ3) is 4.49. The van der Waals surface area contributed by atoms with Gasteiger partial charge >= 0.3 is 11.8 Å². The van der Waals surface area contributed by atoms with Gasteiger partial charge in [0, 0.05) is 43.6 Å². The van der Waals surface area contributed by atoms with Gasteiger partial charge in [0.1, 0.15) is 11.5 Å². The minimum atomic E-state index is -0.638. The van der Waals surface area contributed by atoms with Crippen LogP contribution in [0.5, 0.6) is 11.5 Å². The molecule has 2 aromatic rings. The van der Waals surface area contributed by atoms with Crippen molar-refractivity contribution in [3.8, 4) is 11.5 Å². The van der Waals surface area contributed by atoms with E-state index in [-0.39, 0.29) is 0 Å². The summed E-state index contributed by atoms with van der Waals surface area (Å²) < 4.78 is 10.3. The number of amides is 2. The Balaban J connectivity index is 1.54. The number of anilines is 2. The van der Waals surface area contributed by atoms with Gasteiger partial charge in [0.05, 0.1) is 14.2 Å². The normalized spacial score (nSPS) is 13.9. The van der Waals surface area contributed by atoms with Crippen LogP contribution in [0.3, 0.4) is 0 Å². The predicted octanol–water partition coefficient (Wildman–Crippen LogP) is 1.99. The summed E-state index contributed by atoms with van der Waals surface area (Å²) in [7, 11) is 3.18. The first-order valence-electron chi connectivity index (χ1n) is 8.74. The average Bonchev–Trinajstić information content (AvgIpc) is 2.73. The van der Waals surface area contributed by atoms with Gasteiger partial charge in [-0.3, -0.25) is 9.59 Å². The van der Waals surface area contributed by atoms with Gasteiger partial charge < -0.3 is 24.6 Å². The first-order valence-corrected chi connectivity index (χ1v) is 8.74. The van der Waals surface area contributed by atoms with E-state index in [0.717, 1.165) is 11.4 Å². The van der Waals surface area contributed by atoms with E-state index >= 15 is 0 Å². The van der Waals surface area contributed by atoms with E-state index < -0.39 is 11.8 Å². The van der Waals surface area contributed by atoms with Gasteiger partial charge in [-0.1, -0.05) is 6.07 Å². The number of hydrogen-bond donors (Lipinski definition) is 1. The van der Waals surface area contributed by atoms with Crippen molar-refractivity contribution in [2.75, 3.05) is 50.6 Å². The molecule has 1 fully saturated rings. The lowest BCUT2D eigenvalue weighted by atomic mass is 10.2. The molecule has 1 aliphatic rings. The second kappa shape index (κ2) is 8.44. The smallest absolute Gasteiger partial charge is 0.313 e. The largest absolute Gasteiger partial charge is 0.497 e. The number of piperazine rings is 1. The van der Waals surface area contributed by atoms with Gasteiger partial charge in [-0.2, -0.15) is 0 Å². The fourth-order valence-corrected chi connectivity index (χ4v) is 2.99. The van der Waals surface area contributed by atoms with E-state index in [0.29, 0.717) is 37.6 Å². The molecular weight excluding hydrogens is 346 g/mol. The molecule has 0 bridgehead atoms. The second-order valence-electron chi connectivity index (χ2n) is 6.16. The molecule has 142 valence electrons. The van der Waals surface area contributed by atoms with Crippen LogP contribution in [0.1, 0.15) is 0 Å². The molecule has 1 saturated heterocycles. The van der Waals surface area contributed by atoms with Crippen LogP contribution in [0, 0.1) is 0 Å². The predicted molar refractivity (Wildman–Crippen MR) is 103 cm³/mol. The average molecular weight is 369 g/mol. The number of nitrogens with one attached hydrogen (secondary N) is 1. The number of benzene rings is 2. The molecule has 7 heteroatoms. The van der Waals surface area contributed by atoms with Gasteiger partial charge in [0.25, 0.3) is 0 Å². The summed E-state index contributed by atoms with van der Waals surface area (Å²) in [6.07, 6.45) is 0. The van der Waals surface area contributed by atoms with Gasteiger partial charge in [0.15, 0.2) is 0 Å². The Hall–Kier alpha value is -3.22. The molecule has 3 rings (SSSR count). The third-order valence-corrected chi connectivity index (χ3v) is 4.53. The lowest BCUT2D eigenvalue weighted by molar-refractivity contribution is -0.143. The highest BCUT2D eigenvalue weighted by molar-refractivity contribution is 6.39. The van der Waals surface area contributed by atoms with E-state index in [9.17, 15) is 9.59 Å². The van der Waals surface area contributed by atoms with E-state index in [4.69, 9.17) is 9.47 Å². The summed E-state index contributed by atoms with van der Waals surface area (Å²) in [5.41, 5.74) is 1.60. The topological polar surface area (TPSA) is 71.1 Å². The third-order valence-electron chi connectivity index (χ3n) is 4.53. The van der Waals surface area contributed by atoms with Gasteiger partial charge in [-0.15, -0.1) is 0 Å². The number of methoxy groups -OCH3 is 2. The van der Waals surface area contributed by atoms with Crippen molar-refractivity contribution < 1.29 is 19.1 Å². The molecule has 0 aromatic heterocycles. The van der Waals surface area contributed by atoms with Crippen molar-refractivity contribution in [3.63, 3.8) is 0 Å². The number of carbonyl (C=O) groups is 2. The Morgan fingerprint density at radius 1 is 0.889 bits per heavy atom. The van der Waals surface area contributed by atoms with Crippen LogP contribution >= 0.6 is 0 Å². The zero-order chi connectivity index (χ0) is 19.2. The van der Waals surface area contributed by atoms with Gasteiger partial charge in [-0.25, -0.2) is 0 Å². The molecule has 2 amide bonds. The van der Waals surface area contributed by atoms with Crippen molar-refractivity contribution in [3.05, 3.63) is 48.5 Å². The zero-order valence-corrected chi connectivity index (χ0v) is 15.5. The molecule has 7 nitrogen and oxygen atoms in total. The molecule has 0 saturated carbocycles. The molecule has 1 N–H and O–H groups in total. The minimum Gasteiger partial charge on any atom is -0.497 e. The van der Waals surface area contributed by atoms with E-state index in [1.165, 1.54) is 0 Å². The maximum absolute atomic E-state index is 12.4. The van der Waals surface area contributed by atoms with E-state index in [2.05, 4.69) is 10.2 Å². The standard InChI is InChI=1S/C20H23N3O4/c1-26-17-8-6-16(7-9-17)22-10-12-23(13-11-22)20(25)19(24)21-15-4-3-5-18(14-15)27-2/h3-9,14H,10-13H2,1-2H3,(H,21,24). The van der Waals surface area contributed by atoms with Crippen molar-refractivity contribution in [1.82, 2.24) is 4.90 Å². The Labute approximate surface area is 158 Å². The first kappa shape index (κ1) is 18.6. The fourth-order valence-electron chi connectivity index (χ4n) is 2.99. The van der Waals surface area contributed by atoms with Crippen molar-refractivity contribution in [1.29, 1.82) is 0 Å². The number of ether oxygens (including phenoxy) is 2. The molecule has 0 spiro atoms. The summed E-state index contributed by atoms with van der Waals surface area (Å²) in [5.74, 6) is 0.267. The first-order chi connectivity index (χ1) is 13.1. The van der Waals surface area contributed by atoms with Gasteiger partial charge in [0.2, 0.25) is 0 Å². The summed E-state index contributed by atoms with van der Waals surface area (Å²) >= 11 is 0. The second-order valence-corrected chi connectivity index (χ2v) is 6.16. The number of nitrogens with zero attached hydrogens (tertiary/aromatic N) is 2. The van der Waals surface area contributed by atoms with Crippen LogP contribution in [0.4, 0.5) is 11.4 Å². The molecule has 27 heavy (non-hydrogen) atoms. The lowest BCUT2D eigenvalue weighted by Crippen LogP contribution is -2.51. The molecule has 0 atom stereocenters. The summed E-state index contributed by atoms with van der Waals surface area (Å²) in [4.78, 5) is 28.5. The highest BCUT2D eigenvalue weighted by Crippen LogP contribution is 2.21. The molecule has 1 heterocycles. The van der Waals surface area contributed by atoms with Crippen LogP contribution in [0.25, 0.3) is 0 Å². The molecule has 2 aromatic carbocycles. The molecule has 0 radical (unpaired) electrons. The monoisotopic (exact) mass is 369 g/mol. The summed E-state index contributed by atoms with van der Waals surface area (Å²) in [5, 5.41) is 2.63. The Morgan fingerprint density at radius 3 is 2.19 bits per heavy atom. The molecule has 0 aliphatic carbocycles. The van der Waals surface area contributed by atoms with Crippen molar-refractivity contribution >= 4 is 23.2 Å². The van der Waals surface area contributed by atoms with E-state index in [1.807, 2.05) is 24.3 Å². The van der Waals surface area contributed by atoms with Gasteiger partial charge in [-0.05, 0) is 36.4 Å². The SMILES string of the molecule is COc1ccc(N2CCN(C(=O)C(=O)Nc3cccc(OC)c3)CC2)cc1. The minimum absolute atomic E-state index is 0.496. The maximum atomic E-state index is 12.4. The van der Waals surface area contributed by atoms with Crippen LogP contribution < -0.4 is 19.7 Å². The lowest BCUT2D eigenvalue weighted by Gasteiger charge is -2.35. The van der Waals surface area contributed by atoms with Crippen molar-refractivity contribution in [2.24, 2.45) is 0 Å². The highest BCUT2D eigenvalue weighted by atomic mass is 16.5. The summed E-state index contributed by atoms with van der Waals surface area (Å²) in [6.45, 7) is 2.34. The van der Waals surface area contributed by atoms with Crippen LogP contribution in [0.15, 0.2) is 48.5 Å². The highest BCUT2D eigenvalue weighted by Gasteiger charge is 2.26. The van der Waals surface area contributed by atoms with Crippen molar-refractivity contribution in [2.45, 2.75) is 0 Å².